The summed E-state index contributed by atoms with van der Waals surface area (Å²) in [5, 5.41) is 30.6. The van der Waals surface area contributed by atoms with Gasteiger partial charge in [0.25, 0.3) is 0 Å². The molecule has 0 aromatic heterocycles. The van der Waals surface area contributed by atoms with Crippen molar-refractivity contribution in [2.24, 2.45) is 0 Å². The summed E-state index contributed by atoms with van der Waals surface area (Å²) in [6.07, 6.45) is 57.3. The van der Waals surface area contributed by atoms with E-state index in [4.69, 9.17) is 0 Å². The molecule has 0 aliphatic rings. The summed E-state index contributed by atoms with van der Waals surface area (Å²) >= 11 is 6.15. The normalized spacial score (nSPS) is 10.7. The fourth-order valence-electron chi connectivity index (χ4n) is 7.51. The molecule has 0 N–H and O–H groups in total. The first-order valence-corrected chi connectivity index (χ1v) is 33.7. The van der Waals surface area contributed by atoms with Crippen LogP contribution in [0.3, 0.4) is 0 Å². The minimum atomic E-state index is -0.941. The van der Waals surface area contributed by atoms with Crippen molar-refractivity contribution in [1.82, 2.24) is 0 Å². The van der Waals surface area contributed by atoms with Gasteiger partial charge in [0.05, 0.1) is 17.9 Å². The first kappa shape index (κ1) is 72.8. The van der Waals surface area contributed by atoms with Gasteiger partial charge in [0, 0.05) is 17.3 Å². The second kappa shape index (κ2) is 71.8. The number of rotatable bonds is 51. The Morgan fingerprint density at radius 1 is 0.273 bits per heavy atom. The SMILES string of the molecule is CCCCCCCCCCCCCCSCC(=O)[O-].CCCCCCCCCCCCCCSCC(=O)[O-].CCCCCCCCCCCCCCSCC(=O)[O-].CCCCCCC[CH2][Sn+3]. The zero-order chi connectivity index (χ0) is 49.5. The Morgan fingerprint density at radius 2 is 0.424 bits per heavy atom. The number of carbonyl (C=O) groups is 3. The minimum absolute atomic E-state index is 0.151. The van der Waals surface area contributed by atoms with Crippen LogP contribution in [0.25, 0.3) is 0 Å². The number of carboxylic acid groups (broad SMARTS) is 3. The van der Waals surface area contributed by atoms with Gasteiger partial charge in [-0.25, -0.2) is 0 Å². The summed E-state index contributed by atoms with van der Waals surface area (Å²) in [6.45, 7) is 9.05. The predicted molar refractivity (Wildman–Crippen MR) is 294 cm³/mol. The molecule has 0 spiro atoms. The first-order valence-electron chi connectivity index (χ1n) is 28.2. The van der Waals surface area contributed by atoms with Crippen LogP contribution in [0.4, 0.5) is 0 Å². The van der Waals surface area contributed by atoms with E-state index in [1.807, 2.05) is 0 Å². The van der Waals surface area contributed by atoms with Crippen molar-refractivity contribution >= 4 is 75.7 Å². The van der Waals surface area contributed by atoms with E-state index in [1.165, 1.54) is 290 Å². The van der Waals surface area contributed by atoms with Crippen molar-refractivity contribution in [2.45, 2.75) is 302 Å². The van der Waals surface area contributed by atoms with Crippen molar-refractivity contribution in [1.29, 1.82) is 0 Å². The zero-order valence-electron chi connectivity index (χ0n) is 44.3. The third-order valence-electron chi connectivity index (χ3n) is 11.6. The van der Waals surface area contributed by atoms with Gasteiger partial charge in [0.15, 0.2) is 0 Å². The van der Waals surface area contributed by atoms with Gasteiger partial charge in [-0.1, -0.05) is 233 Å². The maximum absolute atomic E-state index is 10.2. The summed E-state index contributed by atoms with van der Waals surface area (Å²) in [6, 6.07) is 0. The van der Waals surface area contributed by atoms with Crippen LogP contribution in [-0.4, -0.2) is 74.9 Å². The molecular formula is C56H110O6S3Sn. The Bertz CT molecular complexity index is 794. The quantitative estimate of drug-likeness (QED) is 0.0433. The molecule has 0 aliphatic heterocycles. The monoisotopic (exact) mass is 1090 g/mol. The van der Waals surface area contributed by atoms with Crippen LogP contribution in [0, 0.1) is 0 Å². The molecule has 66 heavy (non-hydrogen) atoms. The van der Waals surface area contributed by atoms with E-state index in [-0.39, 0.29) is 17.3 Å². The molecule has 6 nitrogen and oxygen atoms in total. The number of hydrogen-bond donors (Lipinski definition) is 0. The molecule has 0 heterocycles. The standard InChI is InChI=1S/3C16H32O2S.C8H17.Sn/c3*1-2-3-4-5-6-7-8-9-10-11-12-13-14-19-15-16(17)18;1-3-5-7-8-6-4-2;/h3*2-15H2,1H3,(H,17,18);1,3-8H2,2H3;/q;;;;+3/p-3. The van der Waals surface area contributed by atoms with E-state index in [1.54, 1.807) is 22.5 Å². The molecule has 0 bridgehead atoms. The topological polar surface area (TPSA) is 120 Å². The van der Waals surface area contributed by atoms with Crippen LogP contribution in [0.5, 0.6) is 0 Å². The molecule has 0 saturated carbocycles. The van der Waals surface area contributed by atoms with Gasteiger partial charge in [-0.15, -0.1) is 0 Å². The summed E-state index contributed by atoms with van der Waals surface area (Å²) in [4.78, 5) is 30.6. The van der Waals surface area contributed by atoms with Crippen LogP contribution in [-0.2, 0) is 14.4 Å². The number of carboxylic acids is 3. The average Bonchev–Trinajstić information content (AvgIpc) is 3.29. The van der Waals surface area contributed by atoms with Crippen LogP contribution in [0.2, 0.25) is 4.44 Å². The van der Waals surface area contributed by atoms with E-state index >= 15 is 0 Å². The Balaban J connectivity index is -0.000000400. The Kier molecular flexibility index (Phi) is 79.2. The summed E-state index contributed by atoms with van der Waals surface area (Å²) in [5.41, 5.74) is 0. The van der Waals surface area contributed by atoms with E-state index in [0.29, 0.717) is 0 Å². The van der Waals surface area contributed by atoms with Crippen molar-refractivity contribution in [3.63, 3.8) is 0 Å². The zero-order valence-corrected chi connectivity index (χ0v) is 49.6. The van der Waals surface area contributed by atoms with Gasteiger partial charge in [-0.05, 0) is 36.5 Å². The third-order valence-corrected chi connectivity index (χ3v) is 15.7. The van der Waals surface area contributed by atoms with Crippen LogP contribution >= 0.6 is 35.3 Å². The Hall–Kier alpha value is 0.259. The molecular weight excluding hydrogens is 984 g/mol. The van der Waals surface area contributed by atoms with Crippen molar-refractivity contribution < 1.29 is 29.7 Å². The number of thioether (sulfide) groups is 3. The predicted octanol–water partition coefficient (Wildman–Crippen LogP) is 15.4. The number of hydrogen-bond acceptors (Lipinski definition) is 9. The molecule has 0 saturated heterocycles. The van der Waals surface area contributed by atoms with Gasteiger partial charge in [-0.3, -0.25) is 0 Å². The third kappa shape index (κ3) is 87.3. The van der Waals surface area contributed by atoms with Crippen molar-refractivity contribution in [3.05, 3.63) is 0 Å². The molecule has 0 aliphatic carbocycles. The average molecular weight is 1090 g/mol. The fourth-order valence-corrected chi connectivity index (χ4v) is 10.4. The van der Waals surface area contributed by atoms with Gasteiger partial charge < -0.3 is 29.7 Å². The molecule has 0 atom stereocenters. The van der Waals surface area contributed by atoms with Crippen molar-refractivity contribution in [3.8, 4) is 0 Å². The molecule has 10 heteroatoms. The van der Waals surface area contributed by atoms with Crippen LogP contribution < -0.4 is 15.3 Å². The van der Waals surface area contributed by atoms with Crippen molar-refractivity contribution in [2.75, 3.05) is 34.5 Å². The molecule has 0 fully saturated rings. The van der Waals surface area contributed by atoms with Gasteiger partial charge in [0.2, 0.25) is 0 Å². The van der Waals surface area contributed by atoms with E-state index in [9.17, 15) is 29.7 Å². The number of unbranched alkanes of at least 4 members (excludes halogenated alkanes) is 38. The summed E-state index contributed by atoms with van der Waals surface area (Å²) < 4.78 is 1.46. The number of aliphatic carboxylic acids is 3. The van der Waals surface area contributed by atoms with Crippen LogP contribution in [0.15, 0.2) is 0 Å². The van der Waals surface area contributed by atoms with E-state index in [2.05, 4.69) is 27.7 Å². The van der Waals surface area contributed by atoms with Gasteiger partial charge in [-0.2, -0.15) is 35.3 Å². The summed E-state index contributed by atoms with van der Waals surface area (Å²) in [5.74, 6) is 0.521. The molecule has 0 radical (unpaired) electrons. The second-order valence-corrected chi connectivity index (χ2v) is 23.2. The number of carbonyl (C=O) groups excluding carboxylic acids is 3. The molecule has 0 unspecified atom stereocenters. The Morgan fingerprint density at radius 3 is 0.576 bits per heavy atom. The molecule has 0 rings (SSSR count). The van der Waals surface area contributed by atoms with Crippen LogP contribution in [0.1, 0.15) is 297 Å². The maximum atomic E-state index is 10.2. The van der Waals surface area contributed by atoms with E-state index < -0.39 is 17.9 Å². The summed E-state index contributed by atoms with van der Waals surface area (Å²) in [7, 11) is 0. The molecule has 392 valence electrons. The molecule has 0 aromatic rings. The molecule has 0 amide bonds. The van der Waals surface area contributed by atoms with Gasteiger partial charge >= 0.3 is 72.4 Å². The van der Waals surface area contributed by atoms with Gasteiger partial charge in [0.1, 0.15) is 0 Å². The fraction of sp³-hybridized carbons (Fsp3) is 0.946. The molecule has 0 aromatic carbocycles. The second-order valence-electron chi connectivity index (χ2n) is 18.5. The van der Waals surface area contributed by atoms with E-state index in [0.717, 1.165) is 36.5 Å². The first-order chi connectivity index (χ1) is 32.2. The Labute approximate surface area is 438 Å².